The molecule has 1 aromatic heterocycles. The lowest BCUT2D eigenvalue weighted by Gasteiger charge is -2.28. The van der Waals surface area contributed by atoms with E-state index in [1.807, 2.05) is 64.7 Å². The molecule has 4 rings (SSSR count). The molecule has 1 heterocycles. The minimum atomic E-state index is -0.509. The maximum Gasteiger partial charge on any atom is 0.261 e. The van der Waals surface area contributed by atoms with Crippen LogP contribution in [0.3, 0.4) is 0 Å². The fraction of sp³-hybridized carbons (Fsp3) is 0.436. The minimum Gasteiger partial charge on any atom is -0.508 e. The Bertz CT molecular complexity index is 1760. The van der Waals surface area contributed by atoms with Crippen LogP contribution < -0.4 is 16.5 Å². The Hall–Kier alpha value is -1.34. The van der Waals surface area contributed by atoms with E-state index in [0.29, 0.717) is 22.3 Å². The Morgan fingerprint density at radius 1 is 0.700 bits per heavy atom. The zero-order chi connectivity index (χ0) is 38.3. The highest BCUT2D eigenvalue weighted by Gasteiger charge is 2.27. The van der Waals surface area contributed by atoms with Gasteiger partial charge in [0.1, 0.15) is 17.1 Å². The summed E-state index contributed by atoms with van der Waals surface area (Å²) < 4.78 is 0. The molecule has 0 atom stereocenters. The summed E-state index contributed by atoms with van der Waals surface area (Å²) in [6.07, 6.45) is 1.43. The second kappa shape index (κ2) is 19.7. The van der Waals surface area contributed by atoms with Gasteiger partial charge in [0.05, 0.1) is 0 Å². The van der Waals surface area contributed by atoms with Gasteiger partial charge in [0.2, 0.25) is 5.43 Å². The molecule has 278 valence electrons. The zero-order valence-corrected chi connectivity index (χ0v) is 40.3. The summed E-state index contributed by atoms with van der Waals surface area (Å²) in [5.74, 6) is -0.100. The van der Waals surface area contributed by atoms with Crippen molar-refractivity contribution in [1.82, 2.24) is 4.98 Å². The predicted molar refractivity (Wildman–Crippen MR) is 251 cm³/mol. The molecule has 7 nitrogen and oxygen atoms in total. The minimum absolute atomic E-state index is 0. The number of halogens is 4. The fourth-order valence-corrected chi connectivity index (χ4v) is 5.29. The van der Waals surface area contributed by atoms with E-state index < -0.39 is 5.91 Å². The molecule has 50 heavy (non-hydrogen) atoms. The number of hydrogen-bond donors (Lipinski definition) is 5. The van der Waals surface area contributed by atoms with E-state index in [9.17, 15) is 19.8 Å². The monoisotopic (exact) mass is 1140 g/mol. The molecule has 4 aromatic rings. The molecule has 0 aliphatic rings. The number of nitrogens with two attached hydrogens (primary N) is 1. The number of nitrogens with one attached hydrogen (secondary N) is 2. The number of aromatic amines is 1. The molecule has 0 unspecified atom stereocenters. The van der Waals surface area contributed by atoms with Crippen molar-refractivity contribution >= 4 is 112 Å². The number of aromatic hydroxyl groups is 2. The van der Waals surface area contributed by atoms with E-state index in [1.54, 1.807) is 30.3 Å². The molecule has 11 heteroatoms. The smallest absolute Gasteiger partial charge is 0.261 e. The lowest BCUT2D eigenvalue weighted by molar-refractivity contribution is 0.102. The molecule has 0 fully saturated rings. The summed E-state index contributed by atoms with van der Waals surface area (Å²) in [5, 5.41) is 23.8. The van der Waals surface area contributed by atoms with Crippen LogP contribution in [0, 0.1) is 0 Å². The number of pyridine rings is 1. The molecule has 0 aliphatic heterocycles. The second-order valence-corrected chi connectivity index (χ2v) is 15.9. The molecule has 6 N–H and O–H groups in total. The SMILES string of the molecule is CC(C)(C)c1cc(C(C)(C)C)c(NC(=O)c2c[nH]c3ccccc3c2=O)cc1O.CC(C)(C)c1cc(C(C)(C)C)c(O)cc1N.CI.I.II. The van der Waals surface area contributed by atoms with Crippen LogP contribution in [0.4, 0.5) is 11.4 Å². The average Bonchev–Trinajstić information content (AvgIpc) is 2.97. The van der Waals surface area contributed by atoms with Gasteiger partial charge in [0.25, 0.3) is 5.91 Å². The van der Waals surface area contributed by atoms with Crippen LogP contribution in [-0.4, -0.2) is 26.0 Å². The first-order valence-electron chi connectivity index (χ1n) is 15.9. The molecule has 0 saturated carbocycles. The highest BCUT2D eigenvalue weighted by atomic mass is 128. The van der Waals surface area contributed by atoms with Crippen molar-refractivity contribution in [3.8, 4) is 11.5 Å². The number of para-hydroxylation sites is 1. The van der Waals surface area contributed by atoms with Crippen LogP contribution in [0.1, 0.15) is 116 Å². The molecular weight excluding hydrogens is 1080 g/mol. The summed E-state index contributed by atoms with van der Waals surface area (Å²) in [6, 6.07) is 14.3. The number of amides is 1. The van der Waals surface area contributed by atoms with Gasteiger partial charge in [-0.1, -0.05) is 118 Å². The largest absolute Gasteiger partial charge is 0.508 e. The Kier molecular flexibility index (Phi) is 19.1. The van der Waals surface area contributed by atoms with Gasteiger partial charge in [-0.25, -0.2) is 0 Å². The number of anilines is 2. The summed E-state index contributed by atoms with van der Waals surface area (Å²) in [7, 11) is 0. The number of hydrogen-bond acceptors (Lipinski definition) is 5. The van der Waals surface area contributed by atoms with Crippen LogP contribution >= 0.6 is 83.8 Å². The summed E-state index contributed by atoms with van der Waals surface area (Å²) in [4.78, 5) is 30.7. The van der Waals surface area contributed by atoms with Crippen molar-refractivity contribution in [2.75, 3.05) is 16.0 Å². The maximum atomic E-state index is 12.9. The summed E-state index contributed by atoms with van der Waals surface area (Å²) in [5.41, 5.74) is 10.7. The van der Waals surface area contributed by atoms with Crippen LogP contribution in [0.5, 0.6) is 11.5 Å². The van der Waals surface area contributed by atoms with Crippen LogP contribution in [-0.2, 0) is 21.7 Å². The first-order chi connectivity index (χ1) is 22.4. The second-order valence-electron chi connectivity index (χ2n) is 15.9. The Morgan fingerprint density at radius 2 is 1.12 bits per heavy atom. The molecule has 0 saturated heterocycles. The van der Waals surface area contributed by atoms with Crippen LogP contribution in [0.15, 0.2) is 59.5 Å². The summed E-state index contributed by atoms with van der Waals surface area (Å²) in [6.45, 7) is 24.9. The van der Waals surface area contributed by atoms with Crippen LogP contribution in [0.25, 0.3) is 10.9 Å². The number of benzene rings is 3. The maximum absolute atomic E-state index is 12.9. The highest BCUT2D eigenvalue weighted by molar-refractivity contribution is 15.0. The van der Waals surface area contributed by atoms with E-state index in [1.165, 1.54) is 6.20 Å². The number of carbonyl (C=O) groups is 1. The van der Waals surface area contributed by atoms with E-state index >= 15 is 0 Å². The molecule has 0 spiro atoms. The molecule has 0 aliphatic carbocycles. The predicted octanol–water partition coefficient (Wildman–Crippen LogP) is 12.1. The lowest BCUT2D eigenvalue weighted by Crippen LogP contribution is -2.25. The van der Waals surface area contributed by atoms with Crippen LogP contribution in [0.2, 0.25) is 0 Å². The van der Waals surface area contributed by atoms with Crippen molar-refractivity contribution in [3.63, 3.8) is 0 Å². The number of aromatic nitrogens is 1. The third kappa shape index (κ3) is 13.0. The first-order valence-corrected chi connectivity index (χ1v) is 24.3. The number of carbonyl (C=O) groups excluding carboxylic acids is 1. The number of phenols is 2. The van der Waals surface area contributed by atoms with Gasteiger partial charge in [0.15, 0.2) is 0 Å². The third-order valence-electron chi connectivity index (χ3n) is 7.82. The molecule has 0 radical (unpaired) electrons. The van der Waals surface area contributed by atoms with Crippen molar-refractivity contribution in [2.45, 2.75) is 105 Å². The number of fused-ring (bicyclic) bond motifs is 1. The van der Waals surface area contributed by atoms with E-state index in [4.69, 9.17) is 5.73 Å². The number of phenolic OH excluding ortho intramolecular Hbond substituents is 2. The highest BCUT2D eigenvalue weighted by Crippen LogP contribution is 2.40. The van der Waals surface area contributed by atoms with E-state index in [2.05, 4.69) is 112 Å². The fourth-order valence-electron chi connectivity index (χ4n) is 5.29. The van der Waals surface area contributed by atoms with Gasteiger partial charge >= 0.3 is 0 Å². The van der Waals surface area contributed by atoms with Gasteiger partial charge < -0.3 is 26.2 Å². The first kappa shape index (κ1) is 48.7. The normalized spacial score (nSPS) is 11.4. The van der Waals surface area contributed by atoms with Gasteiger partial charge in [0, 0.05) is 77.8 Å². The number of rotatable bonds is 2. The third-order valence-corrected chi connectivity index (χ3v) is 7.82. The topological polar surface area (TPSA) is 128 Å². The Balaban J connectivity index is 0.000000974. The van der Waals surface area contributed by atoms with E-state index in [0.717, 1.165) is 22.3 Å². The molecule has 0 bridgehead atoms. The Labute approximate surface area is 353 Å². The van der Waals surface area contributed by atoms with Gasteiger partial charge in [-0.3, -0.25) is 9.59 Å². The zero-order valence-electron chi connectivity index (χ0n) is 31.5. The molecular formula is C39H55I4N3O4. The molecule has 3 aromatic carbocycles. The standard InChI is InChI=1S/C24H28N2O3.C14H23NO.CH3I.I2.HI/c1-23(2,3)16-11-17(24(4,5)6)20(27)12-19(16)26-22(29)15-13-25-18-10-8-7-9-14(18)21(15)28;1-13(2,3)9-7-10(14(4,5)6)12(16)8-11(9)15;2*1-2;/h7-13,27H,1-6H3,(H,25,28)(H,26,29);7-8,16H,15H2,1-6H3;1H3;;1H. The van der Waals surface area contributed by atoms with E-state index in [-0.39, 0.29) is 68.1 Å². The lowest BCUT2D eigenvalue weighted by atomic mass is 9.79. The van der Waals surface area contributed by atoms with Gasteiger partial charge in [-0.2, -0.15) is 0 Å². The number of H-pyrrole nitrogens is 1. The van der Waals surface area contributed by atoms with Gasteiger partial charge in [-0.05, 0) is 73.1 Å². The van der Waals surface area contributed by atoms with Crippen molar-refractivity contribution < 1.29 is 15.0 Å². The molecule has 1 amide bonds. The quantitative estimate of drug-likeness (QED) is 0.0776. The van der Waals surface area contributed by atoms with Gasteiger partial charge in [-0.15, -0.1) is 24.0 Å². The Morgan fingerprint density at radius 3 is 1.58 bits per heavy atom. The van der Waals surface area contributed by atoms with Crippen molar-refractivity contribution in [1.29, 1.82) is 0 Å². The van der Waals surface area contributed by atoms with Crippen molar-refractivity contribution in [2.24, 2.45) is 0 Å². The van der Waals surface area contributed by atoms with Crippen molar-refractivity contribution in [3.05, 3.63) is 92.8 Å². The average molecular weight is 1140 g/mol. The number of nitrogen functional groups attached to an aromatic ring is 1. The number of alkyl halides is 1. The summed E-state index contributed by atoms with van der Waals surface area (Å²) >= 11 is 6.39.